The van der Waals surface area contributed by atoms with Gasteiger partial charge < -0.3 is 10.6 Å². The molecule has 8 heteroatoms. The summed E-state index contributed by atoms with van der Waals surface area (Å²) in [5.41, 5.74) is 0. The average Bonchev–Trinajstić information content (AvgIpc) is 2.62. The zero-order chi connectivity index (χ0) is 14.0. The molecule has 0 aliphatic carbocycles. The average molecular weight is 328 g/mol. The Balaban J connectivity index is 2.18. The van der Waals surface area contributed by atoms with Crippen molar-refractivity contribution in [3.8, 4) is 0 Å². The number of halogens is 1. The third kappa shape index (κ3) is 2.67. The molecule has 0 aromatic carbocycles. The van der Waals surface area contributed by atoms with Crippen LogP contribution in [0.1, 0.15) is 13.3 Å². The zero-order valence-electron chi connectivity index (χ0n) is 10.6. The molecule has 2 rings (SSSR count). The highest BCUT2D eigenvalue weighted by Crippen LogP contribution is 2.28. The van der Waals surface area contributed by atoms with Crippen molar-refractivity contribution in [1.29, 1.82) is 0 Å². The third-order valence-electron chi connectivity index (χ3n) is 2.83. The molecule has 2 heterocycles. The van der Waals surface area contributed by atoms with Crippen LogP contribution in [0.15, 0.2) is 10.8 Å². The monoisotopic (exact) mass is 327 g/mol. The standard InChI is InChI=1S/C11H14BrN5O2/c1-3-13-9-8(12)10(15-5-14-9)16-6-4-7(18)17(2)11(6)19/h5-6H,3-4H2,1-2H3,(H2,13,14,15,16). The molecule has 2 N–H and O–H groups in total. The summed E-state index contributed by atoms with van der Waals surface area (Å²) in [6.45, 7) is 2.68. The number of nitrogens with one attached hydrogen (secondary N) is 2. The highest BCUT2D eigenvalue weighted by Gasteiger charge is 2.36. The molecule has 102 valence electrons. The normalized spacial score (nSPS) is 18.9. The van der Waals surface area contributed by atoms with Crippen LogP contribution in [0.3, 0.4) is 0 Å². The number of rotatable bonds is 4. The first-order valence-electron chi connectivity index (χ1n) is 5.86. The lowest BCUT2D eigenvalue weighted by molar-refractivity contribution is -0.136. The summed E-state index contributed by atoms with van der Waals surface area (Å²) in [5.74, 6) is 0.692. The van der Waals surface area contributed by atoms with Crippen molar-refractivity contribution in [2.45, 2.75) is 19.4 Å². The lowest BCUT2D eigenvalue weighted by Gasteiger charge is -2.14. The smallest absolute Gasteiger partial charge is 0.251 e. The van der Waals surface area contributed by atoms with Crippen molar-refractivity contribution in [1.82, 2.24) is 14.9 Å². The molecule has 0 bridgehead atoms. The van der Waals surface area contributed by atoms with E-state index in [-0.39, 0.29) is 18.2 Å². The van der Waals surface area contributed by atoms with E-state index in [0.717, 1.165) is 11.4 Å². The molecule has 7 nitrogen and oxygen atoms in total. The summed E-state index contributed by atoms with van der Waals surface area (Å²) in [6, 6.07) is -0.571. The van der Waals surface area contributed by atoms with Crippen molar-refractivity contribution in [3.05, 3.63) is 10.8 Å². The number of amides is 2. The second-order valence-electron chi connectivity index (χ2n) is 4.11. The van der Waals surface area contributed by atoms with Crippen LogP contribution in [0.5, 0.6) is 0 Å². The van der Waals surface area contributed by atoms with Gasteiger partial charge in [0.2, 0.25) is 5.91 Å². The first-order chi connectivity index (χ1) is 9.04. The maximum atomic E-state index is 11.8. The van der Waals surface area contributed by atoms with Gasteiger partial charge in [0.1, 0.15) is 28.5 Å². The molecule has 0 spiro atoms. The van der Waals surface area contributed by atoms with Gasteiger partial charge in [-0.3, -0.25) is 14.5 Å². The van der Waals surface area contributed by atoms with Gasteiger partial charge in [0, 0.05) is 13.6 Å². The summed E-state index contributed by atoms with van der Waals surface area (Å²) in [6.07, 6.45) is 1.54. The molecule has 1 fully saturated rings. The number of likely N-dealkylation sites (tertiary alicyclic amines) is 1. The number of nitrogens with zero attached hydrogens (tertiary/aromatic N) is 3. The molecular formula is C11H14BrN5O2. The number of aromatic nitrogens is 2. The molecule has 0 saturated carbocycles. The van der Waals surface area contributed by atoms with Gasteiger partial charge in [0.15, 0.2) is 0 Å². The van der Waals surface area contributed by atoms with Crippen LogP contribution in [0.4, 0.5) is 11.6 Å². The van der Waals surface area contributed by atoms with Crippen LogP contribution < -0.4 is 10.6 Å². The lowest BCUT2D eigenvalue weighted by atomic mass is 10.2. The number of imide groups is 1. The van der Waals surface area contributed by atoms with Crippen molar-refractivity contribution in [3.63, 3.8) is 0 Å². The van der Waals surface area contributed by atoms with E-state index in [0.29, 0.717) is 16.1 Å². The molecule has 1 unspecified atom stereocenters. The largest absolute Gasteiger partial charge is 0.369 e. The van der Waals surface area contributed by atoms with Crippen molar-refractivity contribution in [2.75, 3.05) is 24.2 Å². The fourth-order valence-corrected chi connectivity index (χ4v) is 2.25. The molecule has 1 aliphatic heterocycles. The van der Waals surface area contributed by atoms with E-state index in [9.17, 15) is 9.59 Å². The van der Waals surface area contributed by atoms with E-state index in [1.807, 2.05) is 6.92 Å². The molecule has 1 atom stereocenters. The molecule has 2 amide bonds. The van der Waals surface area contributed by atoms with E-state index in [4.69, 9.17) is 0 Å². The number of likely N-dealkylation sites (N-methyl/N-ethyl adjacent to an activating group) is 1. The number of hydrogen-bond acceptors (Lipinski definition) is 6. The van der Waals surface area contributed by atoms with Crippen molar-refractivity contribution < 1.29 is 9.59 Å². The summed E-state index contributed by atoms with van der Waals surface area (Å²) in [4.78, 5) is 32.5. The second kappa shape index (κ2) is 5.52. The minimum atomic E-state index is -0.571. The van der Waals surface area contributed by atoms with E-state index < -0.39 is 6.04 Å². The Morgan fingerprint density at radius 3 is 2.68 bits per heavy atom. The Kier molecular flexibility index (Phi) is 3.98. The Hall–Kier alpha value is -1.70. The fraction of sp³-hybridized carbons (Fsp3) is 0.455. The first-order valence-corrected chi connectivity index (χ1v) is 6.65. The highest BCUT2D eigenvalue weighted by atomic mass is 79.9. The Morgan fingerprint density at radius 1 is 1.42 bits per heavy atom. The minimum Gasteiger partial charge on any atom is -0.369 e. The van der Waals surface area contributed by atoms with Gasteiger partial charge in [-0.1, -0.05) is 0 Å². The van der Waals surface area contributed by atoms with Gasteiger partial charge in [-0.2, -0.15) is 0 Å². The van der Waals surface area contributed by atoms with Gasteiger partial charge in [0.25, 0.3) is 5.91 Å². The van der Waals surface area contributed by atoms with Crippen molar-refractivity contribution >= 4 is 39.4 Å². The maximum Gasteiger partial charge on any atom is 0.251 e. The predicted molar refractivity (Wildman–Crippen MR) is 73.7 cm³/mol. The fourth-order valence-electron chi connectivity index (χ4n) is 1.79. The Morgan fingerprint density at radius 2 is 2.11 bits per heavy atom. The van der Waals surface area contributed by atoms with E-state index in [1.54, 1.807) is 0 Å². The maximum absolute atomic E-state index is 11.8. The molecular weight excluding hydrogens is 314 g/mol. The van der Waals surface area contributed by atoms with Crippen LogP contribution in [0, 0.1) is 0 Å². The summed E-state index contributed by atoms with van der Waals surface area (Å²) >= 11 is 3.38. The molecule has 1 aromatic rings. The lowest BCUT2D eigenvalue weighted by Crippen LogP contribution is -2.32. The van der Waals surface area contributed by atoms with Crippen LogP contribution in [-0.2, 0) is 9.59 Å². The number of carbonyl (C=O) groups is 2. The highest BCUT2D eigenvalue weighted by molar-refractivity contribution is 9.10. The summed E-state index contributed by atoms with van der Waals surface area (Å²) in [5, 5.41) is 6.04. The molecule has 1 aliphatic rings. The van der Waals surface area contributed by atoms with E-state index >= 15 is 0 Å². The number of carbonyl (C=O) groups excluding carboxylic acids is 2. The SMILES string of the molecule is CCNc1ncnc(NC2CC(=O)N(C)C2=O)c1Br. The minimum absolute atomic E-state index is 0.141. The van der Waals surface area contributed by atoms with Crippen LogP contribution >= 0.6 is 15.9 Å². The van der Waals surface area contributed by atoms with Crippen LogP contribution in [0.25, 0.3) is 0 Å². The third-order valence-corrected chi connectivity index (χ3v) is 3.58. The van der Waals surface area contributed by atoms with Gasteiger partial charge in [-0.05, 0) is 22.9 Å². The Bertz CT molecular complexity index is 522. The number of anilines is 2. The first kappa shape index (κ1) is 13.7. The van der Waals surface area contributed by atoms with Gasteiger partial charge in [-0.25, -0.2) is 9.97 Å². The van der Waals surface area contributed by atoms with Crippen LogP contribution in [0.2, 0.25) is 0 Å². The topological polar surface area (TPSA) is 87.2 Å². The molecule has 1 saturated heterocycles. The zero-order valence-corrected chi connectivity index (χ0v) is 12.2. The molecule has 1 aromatic heterocycles. The quantitative estimate of drug-likeness (QED) is 0.797. The van der Waals surface area contributed by atoms with E-state index in [1.165, 1.54) is 13.4 Å². The van der Waals surface area contributed by atoms with Gasteiger partial charge in [-0.15, -0.1) is 0 Å². The second-order valence-corrected chi connectivity index (χ2v) is 4.90. The van der Waals surface area contributed by atoms with E-state index in [2.05, 4.69) is 36.5 Å². The molecule has 0 radical (unpaired) electrons. The number of hydrogen-bond donors (Lipinski definition) is 2. The van der Waals surface area contributed by atoms with Crippen LogP contribution in [-0.4, -0.2) is 46.3 Å². The summed E-state index contributed by atoms with van der Waals surface area (Å²) in [7, 11) is 1.48. The van der Waals surface area contributed by atoms with Crippen molar-refractivity contribution in [2.24, 2.45) is 0 Å². The molecule has 19 heavy (non-hydrogen) atoms. The summed E-state index contributed by atoms with van der Waals surface area (Å²) < 4.78 is 0.645. The Labute approximate surface area is 118 Å². The van der Waals surface area contributed by atoms with Gasteiger partial charge >= 0.3 is 0 Å². The van der Waals surface area contributed by atoms with Gasteiger partial charge in [0.05, 0.1) is 6.42 Å². The predicted octanol–water partition coefficient (Wildman–Crippen LogP) is 0.840.